The summed E-state index contributed by atoms with van der Waals surface area (Å²) in [5, 5.41) is 9.40. The van der Waals surface area contributed by atoms with E-state index in [2.05, 4.69) is 0 Å². The number of alkyl halides is 1. The smallest absolute Gasteiger partial charge is 0.289 e. The van der Waals surface area contributed by atoms with E-state index in [1.807, 2.05) is 31.2 Å². The molecule has 2 heterocycles. The lowest BCUT2D eigenvalue weighted by Gasteiger charge is -2.12. The number of aryl methyl sites for hydroxylation is 1. The van der Waals surface area contributed by atoms with Crippen LogP contribution in [0.15, 0.2) is 45.7 Å². The second-order valence-corrected chi connectivity index (χ2v) is 6.71. The number of benzene rings is 1. The Hall–Kier alpha value is -1.79. The first-order chi connectivity index (χ1) is 11.0. The van der Waals surface area contributed by atoms with E-state index in [0.717, 1.165) is 4.90 Å². The Labute approximate surface area is 138 Å². The van der Waals surface area contributed by atoms with Gasteiger partial charge in [0, 0.05) is 4.90 Å². The maximum Gasteiger partial charge on any atom is 0.289 e. The predicted octanol–water partition coefficient (Wildman–Crippen LogP) is 3.04. The topological polar surface area (TPSA) is 53.7 Å². The Kier molecular flexibility index (Phi) is 4.73. The summed E-state index contributed by atoms with van der Waals surface area (Å²) in [6, 6.07) is 11.5. The lowest BCUT2D eigenvalue weighted by atomic mass is 10.2. The van der Waals surface area contributed by atoms with Gasteiger partial charge in [-0.1, -0.05) is 17.7 Å². The molecule has 1 aliphatic rings. The van der Waals surface area contributed by atoms with Crippen LogP contribution in [0.5, 0.6) is 0 Å². The van der Waals surface area contributed by atoms with Gasteiger partial charge in [-0.3, -0.25) is 4.79 Å². The van der Waals surface area contributed by atoms with E-state index < -0.39 is 12.3 Å². The van der Waals surface area contributed by atoms with Gasteiger partial charge in [0.05, 0.1) is 18.8 Å². The van der Waals surface area contributed by atoms with Gasteiger partial charge in [0.25, 0.3) is 5.91 Å². The van der Waals surface area contributed by atoms with Crippen molar-refractivity contribution in [3.8, 4) is 0 Å². The molecule has 23 heavy (non-hydrogen) atoms. The van der Waals surface area contributed by atoms with Crippen molar-refractivity contribution in [2.45, 2.75) is 29.8 Å². The number of nitrogens with zero attached hydrogens (tertiary/aromatic N) is 1. The van der Waals surface area contributed by atoms with Gasteiger partial charge in [0.15, 0.2) is 5.76 Å². The highest BCUT2D eigenvalue weighted by Gasteiger charge is 2.35. The molecule has 122 valence electrons. The van der Waals surface area contributed by atoms with Crippen LogP contribution in [0.3, 0.4) is 0 Å². The molecule has 0 unspecified atom stereocenters. The van der Waals surface area contributed by atoms with Crippen molar-refractivity contribution in [1.29, 1.82) is 0 Å². The minimum atomic E-state index is -1.38. The number of furan rings is 1. The fourth-order valence-electron chi connectivity index (χ4n) is 2.43. The second-order valence-electron chi connectivity index (χ2n) is 5.66. The highest BCUT2D eigenvalue weighted by molar-refractivity contribution is 7.98. The van der Waals surface area contributed by atoms with E-state index in [1.54, 1.807) is 23.9 Å². The van der Waals surface area contributed by atoms with Crippen molar-refractivity contribution >= 4 is 17.7 Å². The monoisotopic (exact) mass is 335 g/mol. The minimum absolute atomic E-state index is 0.00809. The molecule has 2 aromatic rings. The Morgan fingerprint density at radius 1 is 1.30 bits per heavy atom. The molecule has 0 saturated carbocycles. The first-order valence-electron chi connectivity index (χ1n) is 7.42. The summed E-state index contributed by atoms with van der Waals surface area (Å²) in [7, 11) is 0. The summed E-state index contributed by atoms with van der Waals surface area (Å²) < 4.78 is 18.9. The number of carbonyl (C=O) groups is 1. The van der Waals surface area contributed by atoms with Crippen molar-refractivity contribution < 1.29 is 18.7 Å². The molecule has 6 heteroatoms. The molecule has 1 saturated heterocycles. The molecular weight excluding hydrogens is 317 g/mol. The fourth-order valence-corrected chi connectivity index (χ4v) is 3.22. The summed E-state index contributed by atoms with van der Waals surface area (Å²) >= 11 is 1.62. The van der Waals surface area contributed by atoms with Crippen LogP contribution in [0, 0.1) is 6.92 Å². The predicted molar refractivity (Wildman–Crippen MR) is 86.3 cm³/mol. The maximum atomic E-state index is 13.3. The van der Waals surface area contributed by atoms with Crippen LogP contribution >= 0.6 is 11.8 Å². The standard InChI is InChI=1S/C17H18FNO3S/c1-11-2-5-13(6-3-11)23-10-12-4-7-16(22-12)17(21)19-8-14(18)15(20)9-19/h2-7,14-15,20H,8-10H2,1H3/t14-,15-/m1/s1. The van der Waals surface area contributed by atoms with Crippen LogP contribution < -0.4 is 0 Å². The van der Waals surface area contributed by atoms with E-state index in [0.29, 0.717) is 11.5 Å². The number of thioether (sulfide) groups is 1. The van der Waals surface area contributed by atoms with Gasteiger partial charge in [0.2, 0.25) is 0 Å². The number of aliphatic hydroxyl groups excluding tert-OH is 1. The van der Waals surface area contributed by atoms with Crippen LogP contribution in [-0.4, -0.2) is 41.3 Å². The van der Waals surface area contributed by atoms with Gasteiger partial charge in [-0.25, -0.2) is 4.39 Å². The Morgan fingerprint density at radius 3 is 2.70 bits per heavy atom. The first-order valence-corrected chi connectivity index (χ1v) is 8.41. The number of rotatable bonds is 4. The fraction of sp³-hybridized carbons (Fsp3) is 0.353. The number of likely N-dealkylation sites (tertiary alicyclic amines) is 1. The van der Waals surface area contributed by atoms with Gasteiger partial charge >= 0.3 is 0 Å². The zero-order chi connectivity index (χ0) is 16.4. The molecule has 1 N–H and O–H groups in total. The van der Waals surface area contributed by atoms with Gasteiger partial charge in [0.1, 0.15) is 18.0 Å². The molecule has 0 bridgehead atoms. The largest absolute Gasteiger partial charge is 0.455 e. The summed E-state index contributed by atoms with van der Waals surface area (Å²) in [5.74, 6) is 1.11. The number of hydrogen-bond donors (Lipinski definition) is 1. The van der Waals surface area contributed by atoms with Crippen LogP contribution in [0.1, 0.15) is 21.9 Å². The SMILES string of the molecule is Cc1ccc(SCc2ccc(C(=O)N3C[C@@H](O)[C@H](F)C3)o2)cc1. The summed E-state index contributed by atoms with van der Waals surface area (Å²) in [6.07, 6.45) is -2.49. The summed E-state index contributed by atoms with van der Waals surface area (Å²) in [6.45, 7) is 1.96. The molecule has 1 aromatic heterocycles. The first kappa shape index (κ1) is 16.1. The third kappa shape index (κ3) is 3.76. The third-order valence-corrected chi connectivity index (χ3v) is 4.82. The molecule has 0 aliphatic carbocycles. The zero-order valence-corrected chi connectivity index (χ0v) is 13.6. The average molecular weight is 335 g/mol. The Morgan fingerprint density at radius 2 is 2.04 bits per heavy atom. The number of aliphatic hydroxyl groups is 1. The Bertz CT molecular complexity index is 675. The molecule has 4 nitrogen and oxygen atoms in total. The number of halogens is 1. The lowest BCUT2D eigenvalue weighted by molar-refractivity contribution is 0.0732. The number of hydrogen-bond acceptors (Lipinski definition) is 4. The zero-order valence-electron chi connectivity index (χ0n) is 12.7. The average Bonchev–Trinajstić information content (AvgIpc) is 3.14. The molecular formula is C17H18FNO3S. The normalized spacial score (nSPS) is 20.9. The van der Waals surface area contributed by atoms with Crippen molar-refractivity contribution in [2.24, 2.45) is 0 Å². The van der Waals surface area contributed by atoms with Crippen molar-refractivity contribution in [3.05, 3.63) is 53.5 Å². The number of amides is 1. The van der Waals surface area contributed by atoms with Gasteiger partial charge in [-0.05, 0) is 31.2 Å². The molecule has 0 radical (unpaired) electrons. The highest BCUT2D eigenvalue weighted by Crippen LogP contribution is 2.25. The summed E-state index contributed by atoms with van der Waals surface area (Å²) in [5.41, 5.74) is 1.21. The molecule has 1 fully saturated rings. The van der Waals surface area contributed by atoms with Crippen LogP contribution in [-0.2, 0) is 5.75 Å². The van der Waals surface area contributed by atoms with E-state index >= 15 is 0 Å². The van der Waals surface area contributed by atoms with Crippen LogP contribution in [0.25, 0.3) is 0 Å². The Balaban J connectivity index is 1.59. The molecule has 3 rings (SSSR count). The van der Waals surface area contributed by atoms with Gasteiger partial charge in [-0.2, -0.15) is 0 Å². The maximum absolute atomic E-state index is 13.3. The highest BCUT2D eigenvalue weighted by atomic mass is 32.2. The van der Waals surface area contributed by atoms with E-state index in [4.69, 9.17) is 4.42 Å². The lowest BCUT2D eigenvalue weighted by Crippen LogP contribution is -2.29. The van der Waals surface area contributed by atoms with Crippen molar-refractivity contribution in [3.63, 3.8) is 0 Å². The van der Waals surface area contributed by atoms with E-state index in [-0.39, 0.29) is 24.8 Å². The van der Waals surface area contributed by atoms with Crippen LogP contribution in [0.2, 0.25) is 0 Å². The summed E-state index contributed by atoms with van der Waals surface area (Å²) in [4.78, 5) is 14.6. The molecule has 1 aliphatic heterocycles. The van der Waals surface area contributed by atoms with Gasteiger partial charge in [-0.15, -0.1) is 11.8 Å². The van der Waals surface area contributed by atoms with E-state index in [1.165, 1.54) is 10.5 Å². The third-order valence-electron chi connectivity index (χ3n) is 3.78. The molecule has 2 atom stereocenters. The van der Waals surface area contributed by atoms with Crippen molar-refractivity contribution in [2.75, 3.05) is 13.1 Å². The van der Waals surface area contributed by atoms with Crippen LogP contribution in [0.4, 0.5) is 4.39 Å². The quantitative estimate of drug-likeness (QED) is 0.873. The molecule has 1 aromatic carbocycles. The number of carbonyl (C=O) groups excluding carboxylic acids is 1. The van der Waals surface area contributed by atoms with Crippen molar-refractivity contribution in [1.82, 2.24) is 4.90 Å². The minimum Gasteiger partial charge on any atom is -0.455 e. The van der Waals surface area contributed by atoms with Gasteiger partial charge < -0.3 is 14.4 Å². The molecule has 0 spiro atoms. The molecule has 1 amide bonds. The van der Waals surface area contributed by atoms with E-state index in [9.17, 15) is 14.3 Å². The second kappa shape index (κ2) is 6.76. The number of β-amino-alcohol motifs (C(OH)–C–C–N with tert-alkyl or cyclic N) is 1.